The van der Waals surface area contributed by atoms with Crippen LogP contribution in [-0.4, -0.2) is 42.4 Å². The summed E-state index contributed by atoms with van der Waals surface area (Å²) in [7, 11) is 5.60. The minimum atomic E-state index is -0.745. The Bertz CT molecular complexity index is 184. The second kappa shape index (κ2) is 3.60. The lowest BCUT2D eigenvalue weighted by molar-refractivity contribution is -0.175. The topological polar surface area (TPSA) is 49.7 Å². The first-order valence-electron chi connectivity index (χ1n) is 4.95. The van der Waals surface area contributed by atoms with Crippen LogP contribution in [0.4, 0.5) is 0 Å². The van der Waals surface area contributed by atoms with Crippen LogP contribution in [0.2, 0.25) is 0 Å². The third-order valence-electron chi connectivity index (χ3n) is 3.15. The molecule has 0 bridgehead atoms. The fourth-order valence-corrected chi connectivity index (χ4v) is 2.09. The lowest BCUT2D eigenvalue weighted by atomic mass is 9.75. The van der Waals surface area contributed by atoms with Crippen LogP contribution in [0.1, 0.15) is 25.7 Å². The number of aliphatic hydroxyl groups excluding tert-OH is 2. The predicted molar refractivity (Wildman–Crippen MR) is 48.4 cm³/mol. The van der Waals surface area contributed by atoms with Gasteiger partial charge in [0.25, 0.3) is 0 Å². The van der Waals surface area contributed by atoms with Crippen molar-refractivity contribution in [3.63, 3.8) is 0 Å². The van der Waals surface area contributed by atoms with Crippen LogP contribution in [-0.2, 0) is 4.74 Å². The maximum atomic E-state index is 9.66. The highest BCUT2D eigenvalue weighted by Crippen LogP contribution is 2.36. The van der Waals surface area contributed by atoms with E-state index in [1.54, 1.807) is 0 Å². The number of ether oxygens (including phenoxy) is 1. The molecule has 4 unspecified atom stereocenters. The van der Waals surface area contributed by atoms with Gasteiger partial charge in [0, 0.05) is 6.00 Å². The normalized spacial score (nSPS) is 47.2. The summed E-state index contributed by atoms with van der Waals surface area (Å²) in [6.45, 7) is 0. The molecule has 2 aliphatic rings. The third kappa shape index (κ3) is 1.76. The molecule has 4 heteroatoms. The minimum absolute atomic E-state index is 0.243. The van der Waals surface area contributed by atoms with Crippen molar-refractivity contribution in [2.45, 2.75) is 50.0 Å². The van der Waals surface area contributed by atoms with E-state index in [4.69, 9.17) is 12.6 Å². The third-order valence-corrected chi connectivity index (χ3v) is 3.15. The van der Waals surface area contributed by atoms with Crippen molar-refractivity contribution in [2.24, 2.45) is 5.92 Å². The zero-order chi connectivity index (χ0) is 9.42. The lowest BCUT2D eigenvalue weighted by Gasteiger charge is -2.43. The molecule has 13 heavy (non-hydrogen) atoms. The molecular formula is C9H15BO3. The van der Waals surface area contributed by atoms with Crippen molar-refractivity contribution in [1.82, 2.24) is 0 Å². The molecule has 0 aromatic rings. The van der Waals surface area contributed by atoms with Gasteiger partial charge in [-0.2, -0.15) is 0 Å². The molecule has 0 spiro atoms. The van der Waals surface area contributed by atoms with Gasteiger partial charge in [-0.15, -0.1) is 0 Å². The van der Waals surface area contributed by atoms with Gasteiger partial charge in [0.2, 0.25) is 0 Å². The maximum absolute atomic E-state index is 9.66. The van der Waals surface area contributed by atoms with E-state index in [-0.39, 0.29) is 6.10 Å². The van der Waals surface area contributed by atoms with E-state index in [0.29, 0.717) is 12.3 Å². The Labute approximate surface area is 79.5 Å². The molecule has 1 saturated carbocycles. The summed E-state index contributed by atoms with van der Waals surface area (Å²) in [5.74, 6) is 0.399. The van der Waals surface area contributed by atoms with Gasteiger partial charge in [0.15, 0.2) is 0 Å². The van der Waals surface area contributed by atoms with Gasteiger partial charge in [-0.05, 0) is 25.2 Å². The van der Waals surface area contributed by atoms with Crippen LogP contribution in [0, 0.1) is 5.92 Å². The Hall–Kier alpha value is -0.0551. The fraction of sp³-hybridized carbons (Fsp3) is 1.00. The molecule has 2 rings (SSSR count). The van der Waals surface area contributed by atoms with Crippen molar-refractivity contribution >= 4 is 7.85 Å². The van der Waals surface area contributed by atoms with E-state index in [1.165, 1.54) is 6.42 Å². The predicted octanol–water partition coefficient (Wildman–Crippen LogP) is -0.208. The maximum Gasteiger partial charge on any atom is 0.109 e. The molecule has 2 N–H and O–H groups in total. The quantitative estimate of drug-likeness (QED) is 0.551. The van der Waals surface area contributed by atoms with E-state index in [9.17, 15) is 10.2 Å². The first-order chi connectivity index (χ1) is 6.18. The molecule has 1 aliphatic carbocycles. The van der Waals surface area contributed by atoms with E-state index >= 15 is 0 Å². The van der Waals surface area contributed by atoms with Crippen LogP contribution in [0.5, 0.6) is 0 Å². The van der Waals surface area contributed by atoms with Crippen LogP contribution in [0.15, 0.2) is 0 Å². The van der Waals surface area contributed by atoms with Crippen molar-refractivity contribution < 1.29 is 14.9 Å². The summed E-state index contributed by atoms with van der Waals surface area (Å²) in [5, 5.41) is 19.1. The Morgan fingerprint density at radius 3 is 2.46 bits per heavy atom. The van der Waals surface area contributed by atoms with E-state index < -0.39 is 18.2 Å². The smallest absolute Gasteiger partial charge is 0.109 e. The average Bonchev–Trinajstić information content (AvgIpc) is 1.95. The highest BCUT2D eigenvalue weighted by Gasteiger charge is 2.41. The number of hydrogen-bond donors (Lipinski definition) is 2. The average molecular weight is 182 g/mol. The zero-order valence-electron chi connectivity index (χ0n) is 7.60. The summed E-state index contributed by atoms with van der Waals surface area (Å²) < 4.78 is 5.44. The molecule has 72 valence electrons. The highest BCUT2D eigenvalue weighted by molar-refractivity contribution is 6.11. The van der Waals surface area contributed by atoms with E-state index in [1.807, 2.05) is 0 Å². The number of hydrogen-bond acceptors (Lipinski definition) is 3. The standard InChI is InChI=1S/C9H15BO3/c10-7-4-6(11)8(12)9(13-7)5-2-1-3-5/h5-9,11-12H,1-4H2. The first-order valence-corrected chi connectivity index (χ1v) is 4.95. The molecule has 0 aromatic carbocycles. The van der Waals surface area contributed by atoms with Gasteiger partial charge in [-0.1, -0.05) is 6.42 Å². The van der Waals surface area contributed by atoms with Gasteiger partial charge >= 0.3 is 0 Å². The lowest BCUT2D eigenvalue weighted by Crippen LogP contribution is -2.52. The summed E-state index contributed by atoms with van der Waals surface area (Å²) in [4.78, 5) is 0. The largest absolute Gasteiger partial charge is 0.390 e. The van der Waals surface area contributed by atoms with Gasteiger partial charge in [-0.3, -0.25) is 0 Å². The molecule has 1 heterocycles. The van der Waals surface area contributed by atoms with Crippen molar-refractivity contribution in [3.8, 4) is 0 Å². The number of rotatable bonds is 1. The van der Waals surface area contributed by atoms with E-state index in [0.717, 1.165) is 12.8 Å². The second-order valence-corrected chi connectivity index (χ2v) is 4.12. The number of aliphatic hydroxyl groups is 2. The first kappa shape index (κ1) is 9.50. The van der Waals surface area contributed by atoms with Crippen LogP contribution in [0.25, 0.3) is 0 Å². The molecule has 2 fully saturated rings. The van der Waals surface area contributed by atoms with Crippen molar-refractivity contribution in [3.05, 3.63) is 0 Å². The summed E-state index contributed by atoms with van der Waals surface area (Å²) in [6.07, 6.45) is 2.00. The van der Waals surface area contributed by atoms with Gasteiger partial charge in [0.1, 0.15) is 14.0 Å². The van der Waals surface area contributed by atoms with Crippen LogP contribution >= 0.6 is 0 Å². The monoisotopic (exact) mass is 182 g/mol. The summed E-state index contributed by atoms with van der Waals surface area (Å²) in [5.41, 5.74) is 0. The second-order valence-electron chi connectivity index (χ2n) is 4.12. The molecule has 4 atom stereocenters. The summed E-state index contributed by atoms with van der Waals surface area (Å²) in [6, 6.07) is -0.413. The van der Waals surface area contributed by atoms with Gasteiger partial charge in [-0.25, -0.2) is 0 Å². The van der Waals surface area contributed by atoms with E-state index in [2.05, 4.69) is 0 Å². The highest BCUT2D eigenvalue weighted by atomic mass is 16.5. The summed E-state index contributed by atoms with van der Waals surface area (Å²) >= 11 is 0. The molecule has 2 radical (unpaired) electrons. The minimum Gasteiger partial charge on any atom is -0.390 e. The molecule has 3 nitrogen and oxygen atoms in total. The Balaban J connectivity index is 1.98. The van der Waals surface area contributed by atoms with Gasteiger partial charge < -0.3 is 14.9 Å². The Morgan fingerprint density at radius 2 is 1.92 bits per heavy atom. The van der Waals surface area contributed by atoms with Gasteiger partial charge in [0.05, 0.1) is 12.2 Å². The molecular weight excluding hydrogens is 167 g/mol. The zero-order valence-corrected chi connectivity index (χ0v) is 7.60. The SMILES string of the molecule is [B]C1CC(O)C(O)C(C2CCC2)O1. The van der Waals surface area contributed by atoms with Crippen LogP contribution in [0.3, 0.4) is 0 Å². The van der Waals surface area contributed by atoms with Crippen molar-refractivity contribution in [2.75, 3.05) is 0 Å². The molecule has 1 saturated heterocycles. The molecule has 1 aliphatic heterocycles. The fourth-order valence-electron chi connectivity index (χ4n) is 2.09. The molecule has 0 aromatic heterocycles. The van der Waals surface area contributed by atoms with Crippen molar-refractivity contribution in [1.29, 1.82) is 0 Å². The Morgan fingerprint density at radius 1 is 1.23 bits per heavy atom. The molecule has 0 amide bonds. The van der Waals surface area contributed by atoms with Crippen LogP contribution < -0.4 is 0 Å². The Kier molecular flexibility index (Phi) is 2.63.